The molecule has 1 N–H and O–H groups in total. The van der Waals surface area contributed by atoms with Gasteiger partial charge in [0, 0.05) is 45.5 Å². The highest BCUT2D eigenvalue weighted by Gasteiger charge is 2.19. The maximum atomic E-state index is 4.47. The molecule has 1 saturated heterocycles. The predicted molar refractivity (Wildman–Crippen MR) is 98.0 cm³/mol. The molecular weight excluding hydrogens is 284 g/mol. The van der Waals surface area contributed by atoms with Gasteiger partial charge in [-0.3, -0.25) is 4.99 Å². The fourth-order valence-electron chi connectivity index (χ4n) is 3.45. The number of piperidine rings is 1. The summed E-state index contributed by atoms with van der Waals surface area (Å²) in [5.74, 6) is 1.79. The van der Waals surface area contributed by atoms with Gasteiger partial charge >= 0.3 is 0 Å². The number of nitrogens with zero attached hydrogens (tertiary/aromatic N) is 3. The van der Waals surface area contributed by atoms with Crippen LogP contribution in [-0.4, -0.2) is 44.1 Å². The van der Waals surface area contributed by atoms with Crippen LogP contribution in [0.25, 0.3) is 0 Å². The Hall–Kier alpha value is -1.97. The quantitative estimate of drug-likeness (QED) is 0.529. The number of rotatable bonds is 3. The summed E-state index contributed by atoms with van der Waals surface area (Å²) in [6.07, 6.45) is 7.05. The number of benzene rings is 1. The van der Waals surface area contributed by atoms with E-state index in [1.165, 1.54) is 24.1 Å². The summed E-state index contributed by atoms with van der Waals surface area (Å²) < 4.78 is 0. The van der Waals surface area contributed by atoms with E-state index in [4.69, 9.17) is 0 Å². The highest BCUT2D eigenvalue weighted by molar-refractivity contribution is 5.80. The van der Waals surface area contributed by atoms with Crippen molar-refractivity contribution in [2.45, 2.75) is 26.3 Å². The fourth-order valence-corrected chi connectivity index (χ4v) is 3.45. The van der Waals surface area contributed by atoms with Crippen molar-refractivity contribution in [3.63, 3.8) is 0 Å². The summed E-state index contributed by atoms with van der Waals surface area (Å²) in [7, 11) is 1.88. The fraction of sp³-hybridized carbons (Fsp3) is 0.526. The van der Waals surface area contributed by atoms with Crippen molar-refractivity contribution < 1.29 is 0 Å². The van der Waals surface area contributed by atoms with Gasteiger partial charge in [-0.15, -0.1) is 0 Å². The molecule has 1 aromatic carbocycles. The van der Waals surface area contributed by atoms with Crippen LogP contribution in [0.1, 0.15) is 25.3 Å². The third-order valence-corrected chi connectivity index (χ3v) is 4.71. The Morgan fingerprint density at radius 1 is 1.30 bits per heavy atom. The third-order valence-electron chi connectivity index (χ3n) is 4.71. The van der Waals surface area contributed by atoms with E-state index < -0.39 is 0 Å². The Morgan fingerprint density at radius 2 is 2.13 bits per heavy atom. The Kier molecular flexibility index (Phi) is 5.21. The second-order valence-corrected chi connectivity index (χ2v) is 6.64. The highest BCUT2D eigenvalue weighted by Crippen LogP contribution is 2.19. The average Bonchev–Trinajstić information content (AvgIpc) is 3.10. The number of likely N-dealkylation sites (tertiary alicyclic amines) is 1. The number of anilines is 1. The molecule has 0 bridgehead atoms. The number of hydrogen-bond acceptors (Lipinski definition) is 2. The van der Waals surface area contributed by atoms with E-state index in [9.17, 15) is 0 Å². The molecule has 0 amide bonds. The van der Waals surface area contributed by atoms with Gasteiger partial charge in [-0.2, -0.15) is 0 Å². The second-order valence-electron chi connectivity index (χ2n) is 6.64. The third kappa shape index (κ3) is 4.06. The van der Waals surface area contributed by atoms with E-state index in [0.717, 1.165) is 44.6 Å². The molecule has 1 fully saturated rings. The highest BCUT2D eigenvalue weighted by atomic mass is 15.3. The molecule has 2 aliphatic rings. The van der Waals surface area contributed by atoms with E-state index >= 15 is 0 Å². The van der Waals surface area contributed by atoms with E-state index in [1.807, 2.05) is 7.05 Å². The van der Waals surface area contributed by atoms with E-state index in [0.29, 0.717) is 0 Å². The first-order chi connectivity index (χ1) is 11.3. The van der Waals surface area contributed by atoms with Crippen molar-refractivity contribution in [1.29, 1.82) is 0 Å². The molecule has 1 atom stereocenters. The Bertz CT molecular complexity index is 570. The first-order valence-corrected chi connectivity index (χ1v) is 8.71. The van der Waals surface area contributed by atoms with Crippen molar-refractivity contribution in [3.8, 4) is 0 Å². The number of nitrogens with one attached hydrogen (secondary N) is 1. The van der Waals surface area contributed by atoms with Crippen LogP contribution in [0.3, 0.4) is 0 Å². The van der Waals surface area contributed by atoms with Gasteiger partial charge in [0.15, 0.2) is 5.96 Å². The van der Waals surface area contributed by atoms with Gasteiger partial charge in [0.05, 0.1) is 0 Å². The zero-order valence-corrected chi connectivity index (χ0v) is 14.3. The lowest BCUT2D eigenvalue weighted by atomic mass is 10.0. The number of hydrogen-bond donors (Lipinski definition) is 1. The summed E-state index contributed by atoms with van der Waals surface area (Å²) in [4.78, 5) is 9.24. The smallest absolute Gasteiger partial charge is 0.193 e. The Labute approximate surface area is 139 Å². The van der Waals surface area contributed by atoms with Gasteiger partial charge in [-0.05, 0) is 36.5 Å². The van der Waals surface area contributed by atoms with Crippen LogP contribution in [0.15, 0.2) is 41.4 Å². The SMILES string of the molecule is CN=C(NCc1cccc(N2CC=CC2)c1)N1CCCC(C)C1. The van der Waals surface area contributed by atoms with Crippen LogP contribution >= 0.6 is 0 Å². The van der Waals surface area contributed by atoms with Crippen molar-refractivity contribution in [2.24, 2.45) is 10.9 Å². The average molecular weight is 312 g/mol. The van der Waals surface area contributed by atoms with Gasteiger partial charge < -0.3 is 15.1 Å². The summed E-state index contributed by atoms with van der Waals surface area (Å²) in [5.41, 5.74) is 2.61. The van der Waals surface area contributed by atoms with Crippen molar-refractivity contribution in [2.75, 3.05) is 38.1 Å². The minimum atomic E-state index is 0.758. The Morgan fingerprint density at radius 3 is 2.87 bits per heavy atom. The topological polar surface area (TPSA) is 30.9 Å². The van der Waals surface area contributed by atoms with Gasteiger partial charge in [0.1, 0.15) is 0 Å². The molecule has 0 aromatic heterocycles. The lowest BCUT2D eigenvalue weighted by molar-refractivity contribution is 0.266. The molecule has 3 rings (SSSR count). The molecule has 4 heteroatoms. The molecule has 4 nitrogen and oxygen atoms in total. The van der Waals surface area contributed by atoms with Gasteiger partial charge in [-0.25, -0.2) is 0 Å². The molecule has 124 valence electrons. The number of aliphatic imine (C=N–C) groups is 1. The lowest BCUT2D eigenvalue weighted by Gasteiger charge is -2.33. The lowest BCUT2D eigenvalue weighted by Crippen LogP contribution is -2.45. The molecule has 2 aliphatic heterocycles. The predicted octanol–water partition coefficient (Wildman–Crippen LogP) is 2.87. The molecule has 1 aromatic rings. The molecule has 0 saturated carbocycles. The summed E-state index contributed by atoms with van der Waals surface area (Å²) in [6, 6.07) is 8.81. The van der Waals surface area contributed by atoms with Crippen molar-refractivity contribution in [3.05, 3.63) is 42.0 Å². The summed E-state index contributed by atoms with van der Waals surface area (Å²) in [5, 5.41) is 3.54. The van der Waals surface area contributed by atoms with Crippen LogP contribution in [0, 0.1) is 5.92 Å². The normalized spacial score (nSPS) is 21.8. The van der Waals surface area contributed by atoms with E-state index in [1.54, 1.807) is 0 Å². The largest absolute Gasteiger partial charge is 0.364 e. The summed E-state index contributed by atoms with van der Waals surface area (Å²) in [6.45, 7) is 7.41. The van der Waals surface area contributed by atoms with Crippen LogP contribution in [-0.2, 0) is 6.54 Å². The van der Waals surface area contributed by atoms with Gasteiger partial charge in [0.25, 0.3) is 0 Å². The minimum absolute atomic E-state index is 0.758. The maximum Gasteiger partial charge on any atom is 0.193 e. The standard InChI is InChI=1S/C19H28N4/c1-16-7-6-12-23(15-16)19(20-2)21-14-17-8-5-9-18(13-17)22-10-3-4-11-22/h3-5,8-9,13,16H,6-7,10-12,14-15H2,1-2H3,(H,20,21). The zero-order valence-electron chi connectivity index (χ0n) is 14.3. The van der Waals surface area contributed by atoms with Gasteiger partial charge in [0.2, 0.25) is 0 Å². The van der Waals surface area contributed by atoms with Crippen molar-refractivity contribution in [1.82, 2.24) is 10.2 Å². The number of guanidine groups is 1. The zero-order chi connectivity index (χ0) is 16.1. The molecular formula is C19H28N4. The minimum Gasteiger partial charge on any atom is -0.364 e. The monoisotopic (exact) mass is 312 g/mol. The Balaban J connectivity index is 1.59. The van der Waals surface area contributed by atoms with Crippen LogP contribution < -0.4 is 10.2 Å². The molecule has 0 aliphatic carbocycles. The second kappa shape index (κ2) is 7.53. The van der Waals surface area contributed by atoms with E-state index in [-0.39, 0.29) is 0 Å². The van der Waals surface area contributed by atoms with Crippen molar-refractivity contribution >= 4 is 11.6 Å². The van der Waals surface area contributed by atoms with Crippen LogP contribution in [0.5, 0.6) is 0 Å². The maximum absolute atomic E-state index is 4.47. The molecule has 1 unspecified atom stereocenters. The van der Waals surface area contributed by atoms with Crippen LogP contribution in [0.2, 0.25) is 0 Å². The molecule has 0 spiro atoms. The molecule has 0 radical (unpaired) electrons. The van der Waals surface area contributed by atoms with Gasteiger partial charge in [-0.1, -0.05) is 31.2 Å². The van der Waals surface area contributed by atoms with E-state index in [2.05, 4.69) is 63.5 Å². The first kappa shape index (κ1) is 15.9. The molecule has 23 heavy (non-hydrogen) atoms. The van der Waals surface area contributed by atoms with Crippen LogP contribution in [0.4, 0.5) is 5.69 Å². The first-order valence-electron chi connectivity index (χ1n) is 8.71. The molecule has 2 heterocycles. The summed E-state index contributed by atoms with van der Waals surface area (Å²) >= 11 is 0.